The van der Waals surface area contributed by atoms with Crippen molar-refractivity contribution in [3.8, 4) is 11.5 Å². The Hall–Kier alpha value is -0.970. The van der Waals surface area contributed by atoms with Crippen molar-refractivity contribution >= 4 is 40.5 Å². The second-order valence-electron chi connectivity index (χ2n) is 2.61. The maximum atomic E-state index is 10.8. The van der Waals surface area contributed by atoms with Crippen LogP contribution in [-0.2, 0) is 0 Å². The average molecular weight is 202 g/mol. The van der Waals surface area contributed by atoms with Crippen LogP contribution in [0.3, 0.4) is 0 Å². The molecule has 14 heavy (non-hydrogen) atoms. The summed E-state index contributed by atoms with van der Waals surface area (Å²) >= 11 is 0. The van der Waals surface area contributed by atoms with Gasteiger partial charge in [0.25, 0.3) is 0 Å². The van der Waals surface area contributed by atoms with Crippen molar-refractivity contribution < 1.29 is 14.6 Å². The van der Waals surface area contributed by atoms with Gasteiger partial charge in [0.2, 0.25) is 5.75 Å². The van der Waals surface area contributed by atoms with Crippen molar-refractivity contribution in [1.29, 1.82) is 0 Å². The fourth-order valence-electron chi connectivity index (χ4n) is 1.11. The molecule has 0 aliphatic heterocycles. The third-order valence-corrected chi connectivity index (χ3v) is 1.74. The van der Waals surface area contributed by atoms with Gasteiger partial charge in [0.15, 0.2) is 11.3 Å². The minimum atomic E-state index is -0.562. The molecular formula is C9H7NaO4. The third kappa shape index (κ3) is 1.77. The molecule has 0 radical (unpaired) electrons. The molecule has 0 amide bonds. The molecule has 1 heterocycles. The first-order valence-electron chi connectivity index (χ1n) is 3.63. The summed E-state index contributed by atoms with van der Waals surface area (Å²) in [7, 11) is 0. The van der Waals surface area contributed by atoms with E-state index >= 15 is 0 Å². The van der Waals surface area contributed by atoms with Crippen LogP contribution in [0.2, 0.25) is 0 Å². The molecule has 0 saturated carbocycles. The number of phenols is 2. The van der Waals surface area contributed by atoms with Crippen LogP contribution >= 0.6 is 0 Å². The number of fused-ring (bicyclic) bond motifs is 1. The molecule has 0 unspecified atom stereocenters. The Labute approximate surface area is 101 Å². The Morgan fingerprint density at radius 2 is 1.71 bits per heavy atom. The topological polar surface area (TPSA) is 70.7 Å². The summed E-state index contributed by atoms with van der Waals surface area (Å²) in [5, 5.41) is 19.0. The van der Waals surface area contributed by atoms with E-state index in [1.165, 1.54) is 18.2 Å². The van der Waals surface area contributed by atoms with Crippen molar-refractivity contribution in [3.63, 3.8) is 0 Å². The number of benzene rings is 1. The first-order chi connectivity index (χ1) is 6.18. The zero-order valence-corrected chi connectivity index (χ0v) is 6.52. The molecule has 2 N–H and O–H groups in total. The predicted octanol–water partition coefficient (Wildman–Crippen LogP) is 0.556. The number of hydrogen-bond acceptors (Lipinski definition) is 4. The van der Waals surface area contributed by atoms with Crippen molar-refractivity contribution in [1.82, 2.24) is 0 Å². The SMILES string of the molecule is O=c1ccc2ccc(O)c(O)c2o1.[NaH]. The number of rotatable bonds is 0. The third-order valence-electron chi connectivity index (χ3n) is 1.74. The molecule has 0 aliphatic rings. The van der Waals surface area contributed by atoms with Crippen molar-refractivity contribution in [2.75, 3.05) is 0 Å². The first-order valence-corrected chi connectivity index (χ1v) is 3.63. The molecule has 1 aromatic heterocycles. The molecule has 4 nitrogen and oxygen atoms in total. The predicted molar refractivity (Wildman–Crippen MR) is 53.0 cm³/mol. The van der Waals surface area contributed by atoms with Gasteiger partial charge >= 0.3 is 35.2 Å². The van der Waals surface area contributed by atoms with Crippen LogP contribution in [0.4, 0.5) is 0 Å². The molecule has 68 valence electrons. The Balaban J connectivity index is 0.000000980. The standard InChI is InChI=1S/C9H6O4.Na.H/c10-6-3-1-5-2-4-7(11)13-9(5)8(6)12;;/h1-4,10,12H;;. The van der Waals surface area contributed by atoms with E-state index < -0.39 is 11.4 Å². The van der Waals surface area contributed by atoms with Gasteiger partial charge in [-0.2, -0.15) is 0 Å². The van der Waals surface area contributed by atoms with E-state index in [4.69, 9.17) is 9.52 Å². The van der Waals surface area contributed by atoms with Crippen LogP contribution in [0.5, 0.6) is 11.5 Å². The summed E-state index contributed by atoms with van der Waals surface area (Å²) in [6.45, 7) is 0. The second-order valence-corrected chi connectivity index (χ2v) is 2.61. The molecular weight excluding hydrogens is 195 g/mol. The second kappa shape index (κ2) is 4.04. The molecule has 0 spiro atoms. The molecule has 0 fully saturated rings. The van der Waals surface area contributed by atoms with E-state index in [-0.39, 0.29) is 40.9 Å². The molecule has 0 atom stereocenters. The molecule has 5 heteroatoms. The zero-order chi connectivity index (χ0) is 9.42. The van der Waals surface area contributed by atoms with Crippen molar-refractivity contribution in [2.24, 2.45) is 0 Å². The molecule has 1 aromatic carbocycles. The zero-order valence-electron chi connectivity index (χ0n) is 6.52. The van der Waals surface area contributed by atoms with Crippen LogP contribution in [0.15, 0.2) is 33.5 Å². The maximum absolute atomic E-state index is 10.8. The molecule has 2 rings (SSSR count). The summed E-state index contributed by atoms with van der Waals surface area (Å²) in [6.07, 6.45) is 0. The summed E-state index contributed by atoms with van der Waals surface area (Å²) < 4.78 is 4.71. The number of hydrogen-bond donors (Lipinski definition) is 2. The van der Waals surface area contributed by atoms with Crippen LogP contribution < -0.4 is 5.63 Å². The van der Waals surface area contributed by atoms with E-state index in [1.807, 2.05) is 0 Å². The number of aromatic hydroxyl groups is 2. The van der Waals surface area contributed by atoms with Crippen LogP contribution in [0.25, 0.3) is 11.0 Å². The fraction of sp³-hybridized carbons (Fsp3) is 0. The molecule has 0 bridgehead atoms. The molecule has 0 aliphatic carbocycles. The van der Waals surface area contributed by atoms with E-state index in [9.17, 15) is 9.90 Å². The Morgan fingerprint density at radius 3 is 2.43 bits per heavy atom. The van der Waals surface area contributed by atoms with Crippen molar-refractivity contribution in [2.45, 2.75) is 0 Å². The molecule has 0 saturated heterocycles. The monoisotopic (exact) mass is 202 g/mol. The van der Waals surface area contributed by atoms with Crippen LogP contribution in [-0.4, -0.2) is 39.8 Å². The summed E-state index contributed by atoms with van der Waals surface area (Å²) in [6, 6.07) is 5.64. The minimum absolute atomic E-state index is 0. The van der Waals surface area contributed by atoms with Gasteiger partial charge in [-0.3, -0.25) is 0 Å². The summed E-state index contributed by atoms with van der Waals surface area (Å²) in [5.74, 6) is -0.711. The van der Waals surface area contributed by atoms with Crippen LogP contribution in [0, 0.1) is 0 Å². The van der Waals surface area contributed by atoms with Gasteiger partial charge < -0.3 is 14.6 Å². The normalized spacial score (nSPS) is 9.71. The first kappa shape index (κ1) is 11.1. The Kier molecular flexibility index (Phi) is 3.21. The molecule has 2 aromatic rings. The van der Waals surface area contributed by atoms with E-state index in [0.29, 0.717) is 5.39 Å². The van der Waals surface area contributed by atoms with Gasteiger partial charge in [0, 0.05) is 11.5 Å². The van der Waals surface area contributed by atoms with Gasteiger partial charge in [0.1, 0.15) is 0 Å². The Morgan fingerprint density at radius 1 is 1.07 bits per heavy atom. The summed E-state index contributed by atoms with van der Waals surface area (Å²) in [5.41, 5.74) is -0.555. The van der Waals surface area contributed by atoms with Gasteiger partial charge in [-0.25, -0.2) is 4.79 Å². The van der Waals surface area contributed by atoms with E-state index in [1.54, 1.807) is 6.07 Å². The Bertz CT molecular complexity index is 518. The van der Waals surface area contributed by atoms with Crippen molar-refractivity contribution in [3.05, 3.63) is 34.7 Å². The number of phenolic OH excluding ortho intramolecular Hbond substituents is 2. The fourth-order valence-corrected chi connectivity index (χ4v) is 1.11. The van der Waals surface area contributed by atoms with Crippen LogP contribution in [0.1, 0.15) is 0 Å². The average Bonchev–Trinajstić information content (AvgIpc) is 2.12. The quantitative estimate of drug-likeness (QED) is 0.372. The van der Waals surface area contributed by atoms with E-state index in [2.05, 4.69) is 0 Å². The van der Waals surface area contributed by atoms with Gasteiger partial charge in [-0.1, -0.05) is 0 Å². The van der Waals surface area contributed by atoms with E-state index in [0.717, 1.165) is 0 Å². The van der Waals surface area contributed by atoms with Gasteiger partial charge in [-0.15, -0.1) is 0 Å². The van der Waals surface area contributed by atoms with Gasteiger partial charge in [0.05, 0.1) is 0 Å². The van der Waals surface area contributed by atoms with Gasteiger partial charge in [-0.05, 0) is 18.2 Å². The summed E-state index contributed by atoms with van der Waals surface area (Å²) in [4.78, 5) is 10.8.